The van der Waals surface area contributed by atoms with Crippen LogP contribution >= 0.6 is 0 Å². The predicted molar refractivity (Wildman–Crippen MR) is 101 cm³/mol. The maximum atomic E-state index is 13.0. The molecular formula is C22H20N2O4. The molecule has 2 aliphatic carbocycles. The summed E-state index contributed by atoms with van der Waals surface area (Å²) in [4.78, 5) is 38.9. The molecule has 4 atom stereocenters. The molecule has 0 spiro atoms. The normalized spacial score (nSPS) is 28.2. The number of anilines is 1. The van der Waals surface area contributed by atoms with Crippen LogP contribution in [-0.4, -0.2) is 24.4 Å². The van der Waals surface area contributed by atoms with Crippen molar-refractivity contribution in [3.8, 4) is 6.07 Å². The molecular weight excluding hydrogens is 356 g/mol. The summed E-state index contributed by atoms with van der Waals surface area (Å²) < 4.78 is 4.85. The summed E-state index contributed by atoms with van der Waals surface area (Å²) in [6, 6.07) is 8.53. The molecule has 1 heterocycles. The van der Waals surface area contributed by atoms with Crippen molar-refractivity contribution in [2.75, 3.05) is 11.5 Å². The summed E-state index contributed by atoms with van der Waals surface area (Å²) in [6.07, 6.45) is 4.48. The van der Waals surface area contributed by atoms with Crippen LogP contribution in [0.2, 0.25) is 0 Å². The number of hydrogen-bond acceptors (Lipinski definition) is 5. The second-order valence-corrected chi connectivity index (χ2v) is 7.46. The Bertz CT molecular complexity index is 967. The SMILES string of the molecule is CCOC(=O)/C(C#N)=C/c1ccc(N2C(=O)[C@@H]3[C@H](C2=O)[C@@H]2C=C(C)[C@H]3C2)cc1. The maximum Gasteiger partial charge on any atom is 0.348 e. The van der Waals surface area contributed by atoms with E-state index in [0.717, 1.165) is 6.42 Å². The molecule has 6 heteroatoms. The first-order valence-corrected chi connectivity index (χ1v) is 9.41. The monoisotopic (exact) mass is 376 g/mol. The van der Waals surface area contributed by atoms with Gasteiger partial charge in [-0.25, -0.2) is 4.79 Å². The number of fused-ring (bicyclic) bond motifs is 5. The highest BCUT2D eigenvalue weighted by atomic mass is 16.5. The number of nitrogens with zero attached hydrogens (tertiary/aromatic N) is 2. The fourth-order valence-corrected chi connectivity index (χ4v) is 4.76. The van der Waals surface area contributed by atoms with Crippen LogP contribution in [0.15, 0.2) is 41.5 Å². The summed E-state index contributed by atoms with van der Waals surface area (Å²) in [6.45, 7) is 3.90. The first kappa shape index (κ1) is 18.2. The van der Waals surface area contributed by atoms with Gasteiger partial charge in [-0.3, -0.25) is 14.5 Å². The Morgan fingerprint density at radius 1 is 1.25 bits per heavy atom. The quantitative estimate of drug-likeness (QED) is 0.265. The van der Waals surface area contributed by atoms with E-state index in [1.807, 2.05) is 13.0 Å². The van der Waals surface area contributed by atoms with E-state index in [0.29, 0.717) is 11.3 Å². The number of nitriles is 1. The number of allylic oxidation sites excluding steroid dienone is 2. The number of amides is 2. The molecule has 28 heavy (non-hydrogen) atoms. The number of rotatable bonds is 4. The Kier molecular flexibility index (Phi) is 4.38. The molecule has 142 valence electrons. The molecule has 4 rings (SSSR count). The number of esters is 1. The first-order chi connectivity index (χ1) is 13.5. The highest BCUT2D eigenvalue weighted by Crippen LogP contribution is 2.55. The highest BCUT2D eigenvalue weighted by molar-refractivity contribution is 6.22. The second kappa shape index (κ2) is 6.75. The van der Waals surface area contributed by atoms with Gasteiger partial charge in [-0.15, -0.1) is 0 Å². The van der Waals surface area contributed by atoms with Gasteiger partial charge in [-0.2, -0.15) is 5.26 Å². The van der Waals surface area contributed by atoms with Gasteiger partial charge in [0.1, 0.15) is 11.6 Å². The van der Waals surface area contributed by atoms with E-state index in [9.17, 15) is 14.4 Å². The van der Waals surface area contributed by atoms with Crippen molar-refractivity contribution < 1.29 is 19.1 Å². The molecule has 2 fully saturated rings. The van der Waals surface area contributed by atoms with Crippen LogP contribution in [0.1, 0.15) is 25.8 Å². The van der Waals surface area contributed by atoms with Crippen molar-refractivity contribution in [2.45, 2.75) is 20.3 Å². The van der Waals surface area contributed by atoms with E-state index < -0.39 is 5.97 Å². The minimum Gasteiger partial charge on any atom is -0.462 e. The summed E-state index contributed by atoms with van der Waals surface area (Å²) >= 11 is 0. The molecule has 1 aromatic rings. The van der Waals surface area contributed by atoms with Crippen molar-refractivity contribution in [1.82, 2.24) is 0 Å². The Morgan fingerprint density at radius 3 is 2.57 bits per heavy atom. The smallest absolute Gasteiger partial charge is 0.348 e. The molecule has 2 bridgehead atoms. The number of imide groups is 1. The number of benzene rings is 1. The largest absolute Gasteiger partial charge is 0.462 e. The fraction of sp³-hybridized carbons (Fsp3) is 0.364. The van der Waals surface area contributed by atoms with Crippen LogP contribution in [0.5, 0.6) is 0 Å². The minimum atomic E-state index is -0.676. The predicted octanol–water partition coefficient (Wildman–Crippen LogP) is 2.86. The third-order valence-electron chi connectivity index (χ3n) is 5.96. The van der Waals surface area contributed by atoms with Crippen molar-refractivity contribution in [3.05, 3.63) is 47.1 Å². The van der Waals surface area contributed by atoms with Crippen LogP contribution < -0.4 is 4.90 Å². The second-order valence-electron chi connectivity index (χ2n) is 7.46. The first-order valence-electron chi connectivity index (χ1n) is 9.41. The van der Waals surface area contributed by atoms with Gasteiger partial charge in [0.2, 0.25) is 11.8 Å². The average molecular weight is 376 g/mol. The van der Waals surface area contributed by atoms with Crippen LogP contribution in [0.3, 0.4) is 0 Å². The Morgan fingerprint density at radius 2 is 1.93 bits per heavy atom. The van der Waals surface area contributed by atoms with Crippen molar-refractivity contribution in [3.63, 3.8) is 0 Å². The highest BCUT2D eigenvalue weighted by Gasteiger charge is 2.60. The van der Waals surface area contributed by atoms with Gasteiger partial charge in [-0.05, 0) is 55.9 Å². The van der Waals surface area contributed by atoms with Crippen molar-refractivity contribution in [1.29, 1.82) is 5.26 Å². The molecule has 0 N–H and O–H groups in total. The molecule has 6 nitrogen and oxygen atoms in total. The van der Waals surface area contributed by atoms with Crippen molar-refractivity contribution >= 4 is 29.5 Å². The van der Waals surface area contributed by atoms with Gasteiger partial charge < -0.3 is 4.74 Å². The molecule has 1 aromatic carbocycles. The number of ether oxygens (including phenoxy) is 1. The van der Waals surface area contributed by atoms with Gasteiger partial charge in [0.15, 0.2) is 0 Å². The molecule has 1 aliphatic heterocycles. The van der Waals surface area contributed by atoms with E-state index in [-0.39, 0.29) is 47.7 Å². The Labute approximate surface area is 163 Å². The van der Waals surface area contributed by atoms with E-state index in [4.69, 9.17) is 10.00 Å². The third-order valence-corrected chi connectivity index (χ3v) is 5.96. The van der Waals surface area contributed by atoms with Gasteiger partial charge in [0.25, 0.3) is 0 Å². The molecule has 1 saturated heterocycles. The number of hydrogen-bond donors (Lipinski definition) is 0. The lowest BCUT2D eigenvalue weighted by Crippen LogP contribution is -2.32. The van der Waals surface area contributed by atoms with E-state index in [1.165, 1.54) is 16.5 Å². The summed E-state index contributed by atoms with van der Waals surface area (Å²) in [5.41, 5.74) is 2.26. The fourth-order valence-electron chi connectivity index (χ4n) is 4.76. The summed E-state index contributed by atoms with van der Waals surface area (Å²) in [7, 11) is 0. The molecule has 1 saturated carbocycles. The topological polar surface area (TPSA) is 87.5 Å². The summed E-state index contributed by atoms with van der Waals surface area (Å²) in [5, 5.41) is 9.13. The van der Waals surface area contributed by atoms with Crippen LogP contribution in [-0.2, 0) is 19.1 Å². The van der Waals surface area contributed by atoms with Gasteiger partial charge >= 0.3 is 5.97 Å². The number of carbonyl (C=O) groups excluding carboxylic acids is 3. The van der Waals surface area contributed by atoms with E-state index >= 15 is 0 Å². The molecule has 0 unspecified atom stereocenters. The van der Waals surface area contributed by atoms with Gasteiger partial charge in [0.05, 0.1) is 24.1 Å². The van der Waals surface area contributed by atoms with Crippen LogP contribution in [0.25, 0.3) is 6.08 Å². The minimum absolute atomic E-state index is 0.101. The third kappa shape index (κ3) is 2.66. The lowest BCUT2D eigenvalue weighted by Gasteiger charge is -2.19. The average Bonchev–Trinajstić information content (AvgIpc) is 3.31. The van der Waals surface area contributed by atoms with Gasteiger partial charge in [-0.1, -0.05) is 23.8 Å². The Balaban J connectivity index is 1.57. The van der Waals surface area contributed by atoms with Crippen molar-refractivity contribution in [2.24, 2.45) is 23.7 Å². The molecule has 3 aliphatic rings. The van der Waals surface area contributed by atoms with E-state index in [1.54, 1.807) is 31.2 Å². The van der Waals surface area contributed by atoms with Crippen LogP contribution in [0.4, 0.5) is 5.69 Å². The molecule has 0 aromatic heterocycles. The maximum absolute atomic E-state index is 13.0. The van der Waals surface area contributed by atoms with Crippen LogP contribution in [0, 0.1) is 35.0 Å². The zero-order chi connectivity index (χ0) is 20.0. The Hall–Kier alpha value is -3.20. The standard InChI is InChI=1S/C22H20N2O4/c1-3-28-22(27)15(11-23)9-13-4-6-16(7-5-13)24-20(25)18-14-8-12(2)17(10-14)19(18)21(24)26/h4-9,14,17-19H,3,10H2,1-2H3/b15-9+/t14-,17-,18-,19+/m1/s1. The van der Waals surface area contributed by atoms with Gasteiger partial charge in [0, 0.05) is 0 Å². The molecule has 0 radical (unpaired) electrons. The molecule has 2 amide bonds. The number of carbonyl (C=O) groups is 3. The summed E-state index contributed by atoms with van der Waals surface area (Å²) in [5.74, 6) is -1.06. The lowest BCUT2D eigenvalue weighted by atomic mass is 9.82. The van der Waals surface area contributed by atoms with E-state index in [2.05, 4.69) is 6.08 Å². The zero-order valence-corrected chi connectivity index (χ0v) is 15.7. The zero-order valence-electron chi connectivity index (χ0n) is 15.7. The lowest BCUT2D eigenvalue weighted by molar-refractivity contribution is -0.138.